The van der Waals surface area contributed by atoms with Crippen LogP contribution in [-0.2, 0) is 26.9 Å². The number of carbonyl (C=O) groups is 1. The van der Waals surface area contributed by atoms with E-state index in [4.69, 9.17) is 4.74 Å². The van der Waals surface area contributed by atoms with E-state index in [-0.39, 0.29) is 12.3 Å². The lowest BCUT2D eigenvalue weighted by Gasteiger charge is -2.20. The third-order valence-corrected chi connectivity index (χ3v) is 7.27. The molecule has 0 saturated carbocycles. The van der Waals surface area contributed by atoms with Crippen molar-refractivity contribution < 1.29 is 17.9 Å². The summed E-state index contributed by atoms with van der Waals surface area (Å²) in [6.07, 6.45) is 3.29. The molecule has 32 heavy (non-hydrogen) atoms. The molecule has 0 aliphatic heterocycles. The maximum Gasteiger partial charge on any atom is 0.244 e. The fourth-order valence-electron chi connectivity index (χ4n) is 3.22. The van der Waals surface area contributed by atoms with Gasteiger partial charge in [0.15, 0.2) is 15.0 Å². The van der Waals surface area contributed by atoms with Gasteiger partial charge >= 0.3 is 0 Å². The molecule has 0 spiro atoms. The van der Waals surface area contributed by atoms with Crippen molar-refractivity contribution in [1.29, 1.82) is 0 Å². The molecule has 0 aliphatic carbocycles. The van der Waals surface area contributed by atoms with Crippen LogP contribution in [0.2, 0.25) is 0 Å². The maximum atomic E-state index is 13.2. The molecule has 0 aliphatic rings. The van der Waals surface area contributed by atoms with Gasteiger partial charge < -0.3 is 4.74 Å². The molecule has 2 aromatic carbocycles. The Morgan fingerprint density at radius 3 is 2.56 bits per heavy atom. The number of fused-ring (bicyclic) bond motifs is 1. The zero-order chi connectivity index (χ0) is 22.6. The highest BCUT2D eigenvalue weighted by Gasteiger charge is 2.26. The Morgan fingerprint density at radius 1 is 1.06 bits per heavy atom. The number of nitrogens with zero attached hydrogens (tertiary/aromatic N) is 3. The first-order valence-corrected chi connectivity index (χ1v) is 12.5. The van der Waals surface area contributed by atoms with E-state index in [0.29, 0.717) is 22.0 Å². The Morgan fingerprint density at radius 2 is 1.84 bits per heavy atom. The number of aromatic nitrogens is 2. The maximum absolute atomic E-state index is 13.2. The predicted molar refractivity (Wildman–Crippen MR) is 126 cm³/mol. The molecular weight excluding hydrogens is 446 g/mol. The van der Waals surface area contributed by atoms with E-state index in [2.05, 4.69) is 9.97 Å². The molecule has 0 saturated heterocycles. The number of amides is 1. The van der Waals surface area contributed by atoms with E-state index in [0.717, 1.165) is 10.3 Å². The quantitative estimate of drug-likeness (QED) is 0.391. The molecule has 0 fully saturated rings. The van der Waals surface area contributed by atoms with Crippen LogP contribution >= 0.6 is 11.3 Å². The highest BCUT2D eigenvalue weighted by atomic mass is 32.2. The van der Waals surface area contributed by atoms with Crippen LogP contribution in [0.25, 0.3) is 10.2 Å². The second kappa shape index (κ2) is 9.46. The molecule has 0 atom stereocenters. The van der Waals surface area contributed by atoms with Crippen molar-refractivity contribution in [3.05, 3.63) is 84.2 Å². The van der Waals surface area contributed by atoms with Crippen molar-refractivity contribution in [3.63, 3.8) is 0 Å². The van der Waals surface area contributed by atoms with Gasteiger partial charge in [-0.15, -0.1) is 0 Å². The van der Waals surface area contributed by atoms with Crippen molar-refractivity contribution >= 4 is 42.4 Å². The van der Waals surface area contributed by atoms with Crippen molar-refractivity contribution in [2.45, 2.75) is 12.3 Å². The Hall–Kier alpha value is -3.30. The Bertz CT molecular complexity index is 1320. The van der Waals surface area contributed by atoms with Crippen LogP contribution in [0.4, 0.5) is 5.13 Å². The van der Waals surface area contributed by atoms with E-state index in [9.17, 15) is 13.2 Å². The summed E-state index contributed by atoms with van der Waals surface area (Å²) in [5, 5.41) is 0.428. The van der Waals surface area contributed by atoms with Gasteiger partial charge in [0.1, 0.15) is 11.5 Å². The van der Waals surface area contributed by atoms with Crippen LogP contribution in [0.3, 0.4) is 0 Å². The summed E-state index contributed by atoms with van der Waals surface area (Å²) in [5.41, 5.74) is 2.10. The molecule has 0 radical (unpaired) electrons. The normalized spacial score (nSPS) is 11.4. The number of thiazole rings is 1. The van der Waals surface area contributed by atoms with Crippen molar-refractivity contribution in [1.82, 2.24) is 9.97 Å². The van der Waals surface area contributed by atoms with Crippen LogP contribution < -0.4 is 9.64 Å². The average molecular weight is 468 g/mol. The third-order valence-electron chi connectivity index (χ3n) is 4.75. The first-order valence-electron chi connectivity index (χ1n) is 9.82. The number of hydrogen-bond acceptors (Lipinski definition) is 7. The number of sulfone groups is 1. The number of carbonyl (C=O) groups excluding carboxylic acids is 1. The number of methoxy groups -OCH3 is 1. The summed E-state index contributed by atoms with van der Waals surface area (Å²) in [6, 6.07) is 17.9. The summed E-state index contributed by atoms with van der Waals surface area (Å²) in [7, 11) is -2.10. The van der Waals surface area contributed by atoms with E-state index >= 15 is 0 Å². The number of ether oxygens (including phenoxy) is 1. The lowest BCUT2D eigenvalue weighted by Crippen LogP contribution is -2.35. The standard InChI is InChI=1S/C23H21N3O4S2/c1-30-19-9-10-21-20(12-19)25-23(31-21)26(14-18-8-5-11-24-13-18)22(27)16-32(28,29)15-17-6-3-2-4-7-17/h2-13H,14-16H2,1H3. The molecule has 0 bridgehead atoms. The smallest absolute Gasteiger partial charge is 0.244 e. The molecule has 0 unspecified atom stereocenters. The molecular formula is C23H21N3O4S2. The number of anilines is 1. The summed E-state index contributed by atoms with van der Waals surface area (Å²) in [5.74, 6) is -0.681. The fourth-order valence-corrected chi connectivity index (χ4v) is 5.52. The summed E-state index contributed by atoms with van der Waals surface area (Å²) in [4.78, 5) is 23.3. The minimum absolute atomic E-state index is 0.171. The second-order valence-corrected chi connectivity index (χ2v) is 10.3. The van der Waals surface area contributed by atoms with Crippen LogP contribution in [0.1, 0.15) is 11.1 Å². The topological polar surface area (TPSA) is 89.5 Å². The van der Waals surface area contributed by atoms with E-state index < -0.39 is 21.5 Å². The molecule has 7 nitrogen and oxygen atoms in total. The third kappa shape index (κ3) is 5.30. The lowest BCUT2D eigenvalue weighted by molar-refractivity contribution is -0.116. The van der Waals surface area contributed by atoms with Crippen LogP contribution in [-0.4, -0.2) is 37.2 Å². The van der Waals surface area contributed by atoms with Gasteiger partial charge in [0, 0.05) is 18.5 Å². The van der Waals surface area contributed by atoms with Crippen LogP contribution in [0.15, 0.2) is 73.1 Å². The zero-order valence-electron chi connectivity index (χ0n) is 17.3. The Labute approximate surface area is 190 Å². The first-order chi connectivity index (χ1) is 15.4. The number of hydrogen-bond donors (Lipinski definition) is 0. The van der Waals surface area contributed by atoms with Gasteiger partial charge in [0.2, 0.25) is 5.91 Å². The highest BCUT2D eigenvalue weighted by Crippen LogP contribution is 2.32. The van der Waals surface area contributed by atoms with E-state index in [1.54, 1.807) is 55.9 Å². The van der Waals surface area contributed by atoms with Gasteiger partial charge in [0.25, 0.3) is 0 Å². The zero-order valence-corrected chi connectivity index (χ0v) is 19.0. The molecule has 2 heterocycles. The second-order valence-electron chi connectivity index (χ2n) is 7.19. The SMILES string of the molecule is COc1ccc2sc(N(Cc3cccnc3)C(=O)CS(=O)(=O)Cc3ccccc3)nc2c1. The summed E-state index contributed by atoms with van der Waals surface area (Å²) in [6.45, 7) is 0.171. The van der Waals surface area contributed by atoms with Crippen LogP contribution in [0.5, 0.6) is 5.75 Å². The first kappa shape index (κ1) is 21.9. The monoisotopic (exact) mass is 467 g/mol. The lowest BCUT2D eigenvalue weighted by atomic mass is 10.2. The van der Waals surface area contributed by atoms with E-state index in [1.807, 2.05) is 24.3 Å². The fraction of sp³-hybridized carbons (Fsp3) is 0.174. The van der Waals surface area contributed by atoms with Crippen molar-refractivity contribution in [3.8, 4) is 5.75 Å². The minimum Gasteiger partial charge on any atom is -0.497 e. The Kier molecular flexibility index (Phi) is 6.48. The largest absolute Gasteiger partial charge is 0.497 e. The molecule has 1 amide bonds. The number of rotatable bonds is 8. The molecule has 0 N–H and O–H groups in total. The number of benzene rings is 2. The Balaban J connectivity index is 1.64. The highest BCUT2D eigenvalue weighted by molar-refractivity contribution is 7.91. The van der Waals surface area contributed by atoms with Gasteiger partial charge in [-0.1, -0.05) is 47.7 Å². The predicted octanol–water partition coefficient (Wildman–Crippen LogP) is 3.85. The molecule has 4 aromatic rings. The van der Waals surface area contributed by atoms with Crippen molar-refractivity contribution in [2.75, 3.05) is 17.8 Å². The number of pyridine rings is 1. The molecule has 9 heteroatoms. The van der Waals surface area contributed by atoms with Gasteiger partial charge in [-0.2, -0.15) is 0 Å². The van der Waals surface area contributed by atoms with E-state index in [1.165, 1.54) is 16.2 Å². The molecule has 4 rings (SSSR count). The van der Waals surface area contributed by atoms with Gasteiger partial charge in [0.05, 0.1) is 29.6 Å². The summed E-state index contributed by atoms with van der Waals surface area (Å²) >= 11 is 1.33. The van der Waals surface area contributed by atoms with Gasteiger partial charge in [-0.3, -0.25) is 14.7 Å². The average Bonchev–Trinajstić information content (AvgIpc) is 3.21. The van der Waals surface area contributed by atoms with Crippen LogP contribution in [0, 0.1) is 0 Å². The van der Waals surface area contributed by atoms with Crippen molar-refractivity contribution in [2.24, 2.45) is 0 Å². The minimum atomic E-state index is -3.67. The van der Waals surface area contributed by atoms with Gasteiger partial charge in [-0.05, 0) is 29.3 Å². The molecule has 2 aromatic heterocycles. The molecule has 164 valence electrons. The van der Waals surface area contributed by atoms with Gasteiger partial charge in [-0.25, -0.2) is 13.4 Å². The summed E-state index contributed by atoms with van der Waals surface area (Å²) < 4.78 is 31.6.